The Morgan fingerprint density at radius 2 is 2.44 bits per heavy atom. The summed E-state index contributed by atoms with van der Waals surface area (Å²) in [5, 5.41) is 2.06. The largest absolute Gasteiger partial charge is 0.315 e. The molecule has 0 atom stereocenters. The molecule has 0 radical (unpaired) electrons. The van der Waals surface area contributed by atoms with Gasteiger partial charge < -0.3 is 5.01 Å². The van der Waals surface area contributed by atoms with Crippen molar-refractivity contribution in [2.24, 2.45) is 0 Å². The average Bonchev–Trinajstić information content (AvgIpc) is 2.37. The molecule has 0 aliphatic heterocycles. The Balaban J connectivity index is 2.65. The first-order valence-corrected chi connectivity index (χ1v) is 3.04. The molecule has 0 amide bonds. The van der Waals surface area contributed by atoms with E-state index in [1.54, 1.807) is 12.5 Å². The van der Waals surface area contributed by atoms with Gasteiger partial charge in [0, 0.05) is 26.0 Å². The predicted molar refractivity (Wildman–Crippen MR) is 36.9 cm³/mol. The molecule has 3 heteroatoms. The van der Waals surface area contributed by atoms with Crippen LogP contribution in [0, 0.1) is 0 Å². The maximum absolute atomic E-state index is 3.91. The highest BCUT2D eigenvalue weighted by atomic mass is 15.5. The van der Waals surface area contributed by atoms with Crippen molar-refractivity contribution in [3.05, 3.63) is 18.7 Å². The first kappa shape index (κ1) is 6.13. The van der Waals surface area contributed by atoms with Crippen LogP contribution in [0.5, 0.6) is 0 Å². The van der Waals surface area contributed by atoms with Crippen molar-refractivity contribution >= 4 is 0 Å². The molecule has 0 spiro atoms. The third-order valence-corrected chi connectivity index (χ3v) is 1.34. The van der Waals surface area contributed by atoms with Crippen LogP contribution in [-0.2, 0) is 0 Å². The van der Waals surface area contributed by atoms with E-state index in [1.165, 1.54) is 0 Å². The lowest BCUT2D eigenvalue weighted by Crippen LogP contribution is -2.27. The summed E-state index contributed by atoms with van der Waals surface area (Å²) in [6.07, 6.45) is 5.47. The number of hydrogen-bond acceptors (Lipinski definition) is 2. The number of rotatable bonds is 2. The number of imidazole rings is 1. The minimum atomic E-state index is 0.996. The third kappa shape index (κ3) is 1.22. The van der Waals surface area contributed by atoms with E-state index in [1.807, 2.05) is 17.9 Å². The van der Waals surface area contributed by atoms with E-state index in [4.69, 9.17) is 0 Å². The minimum Gasteiger partial charge on any atom is -0.315 e. The van der Waals surface area contributed by atoms with E-state index < -0.39 is 0 Å². The fourth-order valence-electron chi connectivity index (χ4n) is 0.617. The topological polar surface area (TPSA) is 21.1 Å². The predicted octanol–water partition coefficient (Wildman–Crippen LogP) is 0.471. The van der Waals surface area contributed by atoms with Crippen LogP contribution >= 0.6 is 0 Å². The number of hydrogen-bond donors (Lipinski definition) is 0. The lowest BCUT2D eigenvalue weighted by molar-refractivity contribution is 0.671. The SMILES string of the molecule is CCN(C)n1ccnc1. The highest BCUT2D eigenvalue weighted by molar-refractivity contribution is 4.83. The third-order valence-electron chi connectivity index (χ3n) is 1.34. The van der Waals surface area contributed by atoms with Crippen molar-refractivity contribution in [2.45, 2.75) is 6.92 Å². The second-order valence-electron chi connectivity index (χ2n) is 1.92. The lowest BCUT2D eigenvalue weighted by atomic mass is 10.7. The van der Waals surface area contributed by atoms with E-state index in [2.05, 4.69) is 16.9 Å². The van der Waals surface area contributed by atoms with E-state index in [0.717, 1.165) is 6.54 Å². The molecular formula is C6H11N3. The molecule has 50 valence electrons. The molecule has 1 rings (SSSR count). The molecular weight excluding hydrogens is 114 g/mol. The van der Waals surface area contributed by atoms with Crippen LogP contribution in [0.1, 0.15) is 6.92 Å². The standard InChI is InChI=1S/C6H11N3/c1-3-8(2)9-5-4-7-6-9/h4-6H,3H2,1-2H3. The normalized spacial score (nSPS) is 9.56. The van der Waals surface area contributed by atoms with Gasteiger partial charge in [-0.2, -0.15) is 0 Å². The fraction of sp³-hybridized carbons (Fsp3) is 0.500. The quantitative estimate of drug-likeness (QED) is 0.573. The smallest absolute Gasteiger partial charge is 0.114 e. The van der Waals surface area contributed by atoms with Crippen molar-refractivity contribution in [1.29, 1.82) is 0 Å². The first-order chi connectivity index (χ1) is 4.34. The lowest BCUT2D eigenvalue weighted by Gasteiger charge is -2.16. The zero-order chi connectivity index (χ0) is 6.69. The van der Waals surface area contributed by atoms with Crippen LogP contribution in [0.4, 0.5) is 0 Å². The highest BCUT2D eigenvalue weighted by Gasteiger charge is 1.90. The molecule has 0 aliphatic rings. The van der Waals surface area contributed by atoms with E-state index in [9.17, 15) is 0 Å². The number of aromatic nitrogens is 2. The minimum absolute atomic E-state index is 0.996. The van der Waals surface area contributed by atoms with Crippen molar-refractivity contribution in [3.8, 4) is 0 Å². The van der Waals surface area contributed by atoms with Gasteiger partial charge in [0.25, 0.3) is 0 Å². The summed E-state index contributed by atoms with van der Waals surface area (Å²) in [5.41, 5.74) is 0. The van der Waals surface area contributed by atoms with E-state index in [-0.39, 0.29) is 0 Å². The van der Waals surface area contributed by atoms with Crippen molar-refractivity contribution < 1.29 is 0 Å². The average molecular weight is 125 g/mol. The van der Waals surface area contributed by atoms with Crippen LogP contribution < -0.4 is 5.01 Å². The monoisotopic (exact) mass is 125 g/mol. The highest BCUT2D eigenvalue weighted by Crippen LogP contribution is 1.84. The molecule has 0 N–H and O–H groups in total. The molecule has 1 aromatic heterocycles. The van der Waals surface area contributed by atoms with Crippen molar-refractivity contribution in [3.63, 3.8) is 0 Å². The summed E-state index contributed by atoms with van der Waals surface area (Å²) in [5.74, 6) is 0. The second-order valence-corrected chi connectivity index (χ2v) is 1.92. The molecule has 0 saturated heterocycles. The maximum atomic E-state index is 3.91. The van der Waals surface area contributed by atoms with Crippen LogP contribution in [0.15, 0.2) is 18.7 Å². The molecule has 0 aromatic carbocycles. The van der Waals surface area contributed by atoms with Gasteiger partial charge in [-0.15, -0.1) is 0 Å². The molecule has 1 aromatic rings. The summed E-state index contributed by atoms with van der Waals surface area (Å²) >= 11 is 0. The zero-order valence-electron chi connectivity index (χ0n) is 5.78. The van der Waals surface area contributed by atoms with Crippen molar-refractivity contribution in [1.82, 2.24) is 9.66 Å². The van der Waals surface area contributed by atoms with Gasteiger partial charge >= 0.3 is 0 Å². The van der Waals surface area contributed by atoms with Gasteiger partial charge in [0.1, 0.15) is 6.33 Å². The maximum Gasteiger partial charge on any atom is 0.114 e. The van der Waals surface area contributed by atoms with Gasteiger partial charge in [-0.25, -0.2) is 4.98 Å². The van der Waals surface area contributed by atoms with Gasteiger partial charge in [-0.05, 0) is 6.92 Å². The Morgan fingerprint density at radius 3 is 2.89 bits per heavy atom. The molecule has 0 fully saturated rings. The molecule has 0 bridgehead atoms. The Labute approximate surface area is 54.9 Å². The van der Waals surface area contributed by atoms with Crippen molar-refractivity contribution in [2.75, 3.05) is 18.6 Å². The fourth-order valence-corrected chi connectivity index (χ4v) is 0.617. The van der Waals surface area contributed by atoms with Gasteiger partial charge in [0.2, 0.25) is 0 Å². The molecule has 1 heterocycles. The molecule has 3 nitrogen and oxygen atoms in total. The Morgan fingerprint density at radius 1 is 1.67 bits per heavy atom. The molecule has 9 heavy (non-hydrogen) atoms. The van der Waals surface area contributed by atoms with Crippen LogP contribution in [0.25, 0.3) is 0 Å². The van der Waals surface area contributed by atoms with Gasteiger partial charge in [-0.3, -0.25) is 4.68 Å². The number of nitrogens with zero attached hydrogens (tertiary/aromatic N) is 3. The van der Waals surface area contributed by atoms with E-state index in [0.29, 0.717) is 0 Å². The molecule has 0 saturated carbocycles. The summed E-state index contributed by atoms with van der Waals surface area (Å²) in [6, 6.07) is 0. The molecule has 0 unspecified atom stereocenters. The zero-order valence-corrected chi connectivity index (χ0v) is 5.78. The summed E-state index contributed by atoms with van der Waals surface area (Å²) in [7, 11) is 2.02. The van der Waals surface area contributed by atoms with Crippen LogP contribution in [0.3, 0.4) is 0 Å². The van der Waals surface area contributed by atoms with Gasteiger partial charge in [0.05, 0.1) is 0 Å². The summed E-state index contributed by atoms with van der Waals surface area (Å²) in [6.45, 7) is 3.09. The second kappa shape index (κ2) is 2.53. The van der Waals surface area contributed by atoms with Gasteiger partial charge in [0.15, 0.2) is 0 Å². The summed E-state index contributed by atoms with van der Waals surface area (Å²) in [4.78, 5) is 3.91. The Bertz CT molecular complexity index is 157. The van der Waals surface area contributed by atoms with E-state index >= 15 is 0 Å². The van der Waals surface area contributed by atoms with Crippen LogP contribution in [0.2, 0.25) is 0 Å². The first-order valence-electron chi connectivity index (χ1n) is 3.04. The van der Waals surface area contributed by atoms with Crippen LogP contribution in [-0.4, -0.2) is 23.3 Å². The molecule has 0 aliphatic carbocycles. The Kier molecular flexibility index (Phi) is 1.72. The Hall–Kier alpha value is -0.990. The van der Waals surface area contributed by atoms with Gasteiger partial charge in [-0.1, -0.05) is 0 Å². The summed E-state index contributed by atoms with van der Waals surface area (Å²) < 4.78 is 1.94.